The van der Waals surface area contributed by atoms with Gasteiger partial charge in [0.05, 0.1) is 16.3 Å². The van der Waals surface area contributed by atoms with E-state index in [4.69, 9.17) is 23.2 Å². The number of hydrogen-bond donors (Lipinski definition) is 1. The lowest BCUT2D eigenvalue weighted by Crippen LogP contribution is -2.15. The van der Waals surface area contributed by atoms with Crippen LogP contribution in [0.2, 0.25) is 10.0 Å². The van der Waals surface area contributed by atoms with Gasteiger partial charge in [0.15, 0.2) is 17.5 Å². The Morgan fingerprint density at radius 3 is 2.35 bits per heavy atom. The van der Waals surface area contributed by atoms with E-state index in [-0.39, 0.29) is 10.7 Å². The van der Waals surface area contributed by atoms with Crippen molar-refractivity contribution in [3.05, 3.63) is 63.4 Å². The number of carbonyl (C=O) groups excluding carboxylic acids is 1. The molecule has 1 amide bonds. The van der Waals surface area contributed by atoms with E-state index in [1.165, 1.54) is 18.2 Å². The van der Waals surface area contributed by atoms with Crippen molar-refractivity contribution in [3.8, 4) is 0 Å². The Labute approximate surface area is 122 Å². The molecule has 2 aromatic carbocycles. The van der Waals surface area contributed by atoms with E-state index >= 15 is 0 Å². The van der Waals surface area contributed by atoms with Gasteiger partial charge in [-0.2, -0.15) is 0 Å². The molecule has 2 aromatic rings. The van der Waals surface area contributed by atoms with Crippen molar-refractivity contribution >= 4 is 34.8 Å². The molecule has 104 valence electrons. The van der Waals surface area contributed by atoms with Crippen molar-refractivity contribution in [2.75, 3.05) is 5.32 Å². The van der Waals surface area contributed by atoms with Gasteiger partial charge in [0.1, 0.15) is 0 Å². The van der Waals surface area contributed by atoms with Crippen molar-refractivity contribution < 1.29 is 18.0 Å². The maximum Gasteiger partial charge on any atom is 0.258 e. The molecule has 1 N–H and O–H groups in total. The predicted octanol–water partition coefficient (Wildman–Crippen LogP) is 4.66. The number of amides is 1. The average Bonchev–Trinajstić information content (AvgIpc) is 2.39. The molecular formula is C13H6Cl2F3NO. The topological polar surface area (TPSA) is 29.1 Å². The summed E-state index contributed by atoms with van der Waals surface area (Å²) >= 11 is 11.5. The lowest BCUT2D eigenvalue weighted by molar-refractivity contribution is 0.102. The van der Waals surface area contributed by atoms with Gasteiger partial charge >= 0.3 is 0 Å². The standard InChI is InChI=1S/C13H6Cl2F3NO/c14-6-1-4-10(8(15)5-6)19-13(20)7-2-3-9(16)12(18)11(7)17/h1-5H,(H,19,20). The van der Waals surface area contributed by atoms with Crippen LogP contribution in [-0.2, 0) is 0 Å². The van der Waals surface area contributed by atoms with E-state index in [1.807, 2.05) is 0 Å². The second kappa shape index (κ2) is 5.73. The fourth-order valence-electron chi connectivity index (χ4n) is 1.48. The quantitative estimate of drug-likeness (QED) is 0.801. The monoisotopic (exact) mass is 319 g/mol. The van der Waals surface area contributed by atoms with E-state index < -0.39 is 28.9 Å². The Balaban J connectivity index is 2.31. The Bertz CT molecular complexity index is 692. The van der Waals surface area contributed by atoms with Crippen LogP contribution in [0.4, 0.5) is 18.9 Å². The molecule has 0 aliphatic rings. The highest BCUT2D eigenvalue weighted by Crippen LogP contribution is 2.26. The first-order valence-corrected chi connectivity index (χ1v) is 6.05. The molecule has 0 heterocycles. The normalized spacial score (nSPS) is 10.4. The van der Waals surface area contributed by atoms with Gasteiger partial charge in [-0.05, 0) is 30.3 Å². The summed E-state index contributed by atoms with van der Waals surface area (Å²) in [5.74, 6) is -5.60. The smallest absolute Gasteiger partial charge is 0.258 e. The van der Waals surface area contributed by atoms with Gasteiger partial charge in [-0.25, -0.2) is 13.2 Å². The summed E-state index contributed by atoms with van der Waals surface area (Å²) < 4.78 is 39.3. The molecule has 0 bridgehead atoms. The van der Waals surface area contributed by atoms with Crippen LogP contribution in [-0.4, -0.2) is 5.91 Å². The second-order valence-electron chi connectivity index (χ2n) is 3.80. The number of anilines is 1. The van der Waals surface area contributed by atoms with Crippen LogP contribution in [0, 0.1) is 17.5 Å². The van der Waals surface area contributed by atoms with E-state index in [9.17, 15) is 18.0 Å². The minimum atomic E-state index is -1.71. The lowest BCUT2D eigenvalue weighted by atomic mass is 10.1. The number of hydrogen-bond acceptors (Lipinski definition) is 1. The summed E-state index contributed by atoms with van der Waals surface area (Å²) in [5.41, 5.74) is -0.458. The van der Waals surface area contributed by atoms with Gasteiger partial charge in [-0.3, -0.25) is 4.79 Å². The minimum absolute atomic E-state index is 0.133. The van der Waals surface area contributed by atoms with Crippen molar-refractivity contribution in [1.29, 1.82) is 0 Å². The number of carbonyl (C=O) groups is 1. The van der Waals surface area contributed by atoms with Crippen LogP contribution in [0.5, 0.6) is 0 Å². The molecule has 7 heteroatoms. The minimum Gasteiger partial charge on any atom is -0.321 e. The molecule has 0 radical (unpaired) electrons. The Morgan fingerprint density at radius 2 is 1.70 bits per heavy atom. The zero-order valence-corrected chi connectivity index (χ0v) is 11.2. The Hall–Kier alpha value is -1.72. The number of halogens is 5. The molecule has 0 saturated carbocycles. The van der Waals surface area contributed by atoms with Gasteiger partial charge < -0.3 is 5.32 Å². The van der Waals surface area contributed by atoms with Crippen molar-refractivity contribution in [1.82, 2.24) is 0 Å². The largest absolute Gasteiger partial charge is 0.321 e. The van der Waals surface area contributed by atoms with Gasteiger partial charge in [-0.1, -0.05) is 23.2 Å². The van der Waals surface area contributed by atoms with Crippen LogP contribution >= 0.6 is 23.2 Å². The number of nitrogens with one attached hydrogen (secondary N) is 1. The zero-order valence-electron chi connectivity index (χ0n) is 9.68. The van der Waals surface area contributed by atoms with E-state index in [0.29, 0.717) is 11.1 Å². The summed E-state index contributed by atoms with van der Waals surface area (Å²) in [5, 5.41) is 2.77. The van der Waals surface area contributed by atoms with E-state index in [1.54, 1.807) is 0 Å². The first-order valence-electron chi connectivity index (χ1n) is 5.30. The third-order valence-electron chi connectivity index (χ3n) is 2.46. The molecule has 0 fully saturated rings. The van der Waals surface area contributed by atoms with Crippen LogP contribution < -0.4 is 5.32 Å². The average molecular weight is 320 g/mol. The van der Waals surface area contributed by atoms with Crippen molar-refractivity contribution in [2.45, 2.75) is 0 Å². The summed E-state index contributed by atoms with van der Waals surface area (Å²) in [4.78, 5) is 11.8. The van der Waals surface area contributed by atoms with Crippen LogP contribution in [0.1, 0.15) is 10.4 Å². The zero-order chi connectivity index (χ0) is 14.9. The lowest BCUT2D eigenvalue weighted by Gasteiger charge is -2.08. The van der Waals surface area contributed by atoms with Crippen molar-refractivity contribution in [3.63, 3.8) is 0 Å². The number of benzene rings is 2. The van der Waals surface area contributed by atoms with Gasteiger partial charge in [-0.15, -0.1) is 0 Å². The molecule has 0 aliphatic heterocycles. The fourth-order valence-corrected chi connectivity index (χ4v) is 1.94. The number of rotatable bonds is 2. The second-order valence-corrected chi connectivity index (χ2v) is 4.64. The molecule has 0 atom stereocenters. The maximum absolute atomic E-state index is 13.5. The SMILES string of the molecule is O=C(Nc1ccc(Cl)cc1Cl)c1ccc(F)c(F)c1F. The fraction of sp³-hybridized carbons (Fsp3) is 0. The molecule has 0 aliphatic carbocycles. The van der Waals surface area contributed by atoms with Crippen molar-refractivity contribution in [2.24, 2.45) is 0 Å². The Kier molecular flexibility index (Phi) is 4.20. The molecule has 0 aromatic heterocycles. The van der Waals surface area contributed by atoms with E-state index in [0.717, 1.165) is 6.07 Å². The van der Waals surface area contributed by atoms with Gasteiger partial charge in [0, 0.05) is 5.02 Å². The molecular weight excluding hydrogens is 314 g/mol. The summed E-state index contributed by atoms with van der Waals surface area (Å²) in [6.07, 6.45) is 0. The molecule has 2 rings (SSSR count). The molecule has 0 saturated heterocycles. The summed E-state index contributed by atoms with van der Waals surface area (Å²) in [6.45, 7) is 0. The summed E-state index contributed by atoms with van der Waals surface area (Å²) in [6, 6.07) is 5.75. The predicted molar refractivity (Wildman–Crippen MR) is 70.7 cm³/mol. The first kappa shape index (κ1) is 14.7. The van der Waals surface area contributed by atoms with E-state index in [2.05, 4.69) is 5.32 Å². The maximum atomic E-state index is 13.5. The van der Waals surface area contributed by atoms with Gasteiger partial charge in [0.2, 0.25) is 0 Å². The highest BCUT2D eigenvalue weighted by Gasteiger charge is 2.19. The molecule has 2 nitrogen and oxygen atoms in total. The van der Waals surface area contributed by atoms with Crippen LogP contribution in [0.15, 0.2) is 30.3 Å². The molecule has 0 unspecified atom stereocenters. The molecule has 0 spiro atoms. The summed E-state index contributed by atoms with van der Waals surface area (Å²) in [7, 11) is 0. The van der Waals surface area contributed by atoms with Gasteiger partial charge in [0.25, 0.3) is 5.91 Å². The van der Waals surface area contributed by atoms with Crippen LogP contribution in [0.25, 0.3) is 0 Å². The highest BCUT2D eigenvalue weighted by molar-refractivity contribution is 6.36. The van der Waals surface area contributed by atoms with Crippen LogP contribution in [0.3, 0.4) is 0 Å². The Morgan fingerprint density at radius 1 is 1.00 bits per heavy atom. The first-order chi connectivity index (χ1) is 9.40. The third-order valence-corrected chi connectivity index (χ3v) is 3.01. The highest BCUT2D eigenvalue weighted by atomic mass is 35.5. The third kappa shape index (κ3) is 2.89. The molecule has 20 heavy (non-hydrogen) atoms.